The minimum Gasteiger partial charge on any atom is -0.467 e. The van der Waals surface area contributed by atoms with Gasteiger partial charge >= 0.3 is 0 Å². The molecule has 0 saturated heterocycles. The molecule has 1 amide bonds. The van der Waals surface area contributed by atoms with E-state index in [0.29, 0.717) is 19.1 Å². The van der Waals surface area contributed by atoms with E-state index in [0.717, 1.165) is 5.76 Å². The maximum Gasteiger partial charge on any atom is 0.249 e. The summed E-state index contributed by atoms with van der Waals surface area (Å²) >= 11 is 0. The second kappa shape index (κ2) is 6.33. The third-order valence-electron chi connectivity index (χ3n) is 2.07. The molecule has 1 rings (SSSR count). The van der Waals surface area contributed by atoms with Crippen LogP contribution in [-0.4, -0.2) is 18.6 Å². The summed E-state index contributed by atoms with van der Waals surface area (Å²) in [4.78, 5) is 11.6. The number of furan rings is 1. The summed E-state index contributed by atoms with van der Waals surface area (Å²) in [6.07, 6.45) is 1.16. The topological polar surface area (TPSA) is 51.5 Å². The van der Waals surface area contributed by atoms with Gasteiger partial charge in [0.25, 0.3) is 0 Å². The minimum atomic E-state index is -0.419. The molecule has 1 aromatic rings. The zero-order valence-corrected chi connectivity index (χ0v) is 10.0. The molecular weight excluding hydrogens is 206 g/mol. The number of carbonyl (C=O) groups is 1. The average molecular weight is 225 g/mol. The fourth-order valence-corrected chi connectivity index (χ4v) is 1.14. The maximum atomic E-state index is 11.6. The van der Waals surface area contributed by atoms with E-state index >= 15 is 0 Å². The van der Waals surface area contributed by atoms with Crippen LogP contribution in [0.15, 0.2) is 22.8 Å². The van der Waals surface area contributed by atoms with Gasteiger partial charge in [0.1, 0.15) is 11.9 Å². The Labute approximate surface area is 96.0 Å². The van der Waals surface area contributed by atoms with Crippen LogP contribution in [0.25, 0.3) is 0 Å². The molecule has 1 aromatic heterocycles. The first-order chi connectivity index (χ1) is 7.59. The van der Waals surface area contributed by atoms with Crippen molar-refractivity contribution < 1.29 is 13.9 Å². The van der Waals surface area contributed by atoms with Crippen LogP contribution in [0.3, 0.4) is 0 Å². The van der Waals surface area contributed by atoms with Crippen LogP contribution in [0.4, 0.5) is 0 Å². The van der Waals surface area contributed by atoms with Gasteiger partial charge in [0.05, 0.1) is 12.8 Å². The summed E-state index contributed by atoms with van der Waals surface area (Å²) in [5, 5.41) is 2.75. The normalized spacial score (nSPS) is 12.8. The van der Waals surface area contributed by atoms with Gasteiger partial charge in [0.2, 0.25) is 5.91 Å². The van der Waals surface area contributed by atoms with E-state index in [1.165, 1.54) is 0 Å². The molecule has 1 N–H and O–H groups in total. The molecule has 1 heterocycles. The van der Waals surface area contributed by atoms with Crippen LogP contribution in [0, 0.1) is 5.92 Å². The lowest BCUT2D eigenvalue weighted by molar-refractivity contribution is -0.132. The van der Waals surface area contributed by atoms with Crippen molar-refractivity contribution >= 4 is 5.91 Å². The molecule has 0 aliphatic carbocycles. The zero-order valence-electron chi connectivity index (χ0n) is 10.0. The summed E-state index contributed by atoms with van der Waals surface area (Å²) in [5.41, 5.74) is 0. The number of ether oxygens (including phenoxy) is 1. The first kappa shape index (κ1) is 12.8. The zero-order chi connectivity index (χ0) is 12.0. The Balaban J connectivity index is 2.23. The third kappa shape index (κ3) is 4.49. The molecule has 1 unspecified atom stereocenters. The highest BCUT2D eigenvalue weighted by Gasteiger charge is 2.13. The Morgan fingerprint density at radius 1 is 1.50 bits per heavy atom. The van der Waals surface area contributed by atoms with Crippen molar-refractivity contribution in [3.05, 3.63) is 24.2 Å². The monoisotopic (exact) mass is 225 g/mol. The molecule has 90 valence electrons. The standard InChI is InChI=1S/C12H19NO3/c1-9(2)8-16-10(3)12(14)13-7-11-5-4-6-15-11/h4-6,9-10H,7-8H2,1-3H3,(H,13,14). The molecule has 16 heavy (non-hydrogen) atoms. The Bertz CT molecular complexity index is 306. The highest BCUT2D eigenvalue weighted by atomic mass is 16.5. The van der Waals surface area contributed by atoms with Crippen LogP contribution in [0.5, 0.6) is 0 Å². The first-order valence-corrected chi connectivity index (χ1v) is 5.51. The summed E-state index contributed by atoms with van der Waals surface area (Å²) in [7, 11) is 0. The van der Waals surface area contributed by atoms with Crippen LogP contribution in [0.1, 0.15) is 26.5 Å². The van der Waals surface area contributed by atoms with Gasteiger partial charge in [-0.1, -0.05) is 13.8 Å². The molecule has 0 bridgehead atoms. The predicted octanol–water partition coefficient (Wildman–Crippen LogP) is 1.96. The summed E-state index contributed by atoms with van der Waals surface area (Å²) in [6, 6.07) is 3.61. The number of carbonyl (C=O) groups excluding carboxylic acids is 1. The lowest BCUT2D eigenvalue weighted by Crippen LogP contribution is -2.34. The molecular formula is C12H19NO3. The van der Waals surface area contributed by atoms with E-state index in [2.05, 4.69) is 5.32 Å². The molecule has 0 saturated carbocycles. The highest BCUT2D eigenvalue weighted by molar-refractivity contribution is 5.80. The van der Waals surface area contributed by atoms with Crippen LogP contribution < -0.4 is 5.32 Å². The van der Waals surface area contributed by atoms with Gasteiger partial charge in [0.15, 0.2) is 0 Å². The smallest absolute Gasteiger partial charge is 0.249 e. The van der Waals surface area contributed by atoms with Crippen molar-refractivity contribution in [2.75, 3.05) is 6.61 Å². The number of rotatable bonds is 6. The van der Waals surface area contributed by atoms with Crippen molar-refractivity contribution in [3.8, 4) is 0 Å². The molecule has 0 radical (unpaired) electrons. The summed E-state index contributed by atoms with van der Waals surface area (Å²) in [5.74, 6) is 1.06. The van der Waals surface area contributed by atoms with Crippen LogP contribution in [-0.2, 0) is 16.1 Å². The van der Waals surface area contributed by atoms with Crippen molar-refractivity contribution in [1.82, 2.24) is 5.32 Å². The van der Waals surface area contributed by atoms with E-state index in [9.17, 15) is 4.79 Å². The van der Waals surface area contributed by atoms with Crippen molar-refractivity contribution in [3.63, 3.8) is 0 Å². The lowest BCUT2D eigenvalue weighted by Gasteiger charge is -2.14. The number of amides is 1. The quantitative estimate of drug-likeness (QED) is 0.805. The molecule has 0 aliphatic rings. The van der Waals surface area contributed by atoms with E-state index in [1.807, 2.05) is 19.9 Å². The number of nitrogens with one attached hydrogen (secondary N) is 1. The molecule has 0 aliphatic heterocycles. The first-order valence-electron chi connectivity index (χ1n) is 5.51. The van der Waals surface area contributed by atoms with E-state index in [-0.39, 0.29) is 5.91 Å². The molecule has 0 spiro atoms. The maximum absolute atomic E-state index is 11.6. The Kier molecular flexibility index (Phi) is 5.05. The molecule has 4 heteroatoms. The SMILES string of the molecule is CC(C)COC(C)C(=O)NCc1ccco1. The predicted molar refractivity (Wildman–Crippen MR) is 60.8 cm³/mol. The van der Waals surface area contributed by atoms with Crippen LogP contribution >= 0.6 is 0 Å². The summed E-state index contributed by atoms with van der Waals surface area (Å²) in [6.45, 7) is 6.84. The fourth-order valence-electron chi connectivity index (χ4n) is 1.14. The van der Waals surface area contributed by atoms with Gasteiger partial charge in [-0.3, -0.25) is 4.79 Å². The fraction of sp³-hybridized carbons (Fsp3) is 0.583. The van der Waals surface area contributed by atoms with Crippen molar-refractivity contribution in [2.45, 2.75) is 33.4 Å². The summed E-state index contributed by atoms with van der Waals surface area (Å²) < 4.78 is 10.5. The molecule has 1 atom stereocenters. The molecule has 0 aromatic carbocycles. The Morgan fingerprint density at radius 2 is 2.25 bits per heavy atom. The average Bonchev–Trinajstić information content (AvgIpc) is 2.75. The minimum absolute atomic E-state index is 0.114. The second-order valence-corrected chi connectivity index (χ2v) is 4.17. The van der Waals surface area contributed by atoms with E-state index in [4.69, 9.17) is 9.15 Å². The molecule has 4 nitrogen and oxygen atoms in total. The van der Waals surface area contributed by atoms with Gasteiger partial charge in [-0.25, -0.2) is 0 Å². The lowest BCUT2D eigenvalue weighted by atomic mass is 10.2. The van der Waals surface area contributed by atoms with Crippen molar-refractivity contribution in [1.29, 1.82) is 0 Å². The highest BCUT2D eigenvalue weighted by Crippen LogP contribution is 2.01. The second-order valence-electron chi connectivity index (χ2n) is 4.17. The largest absolute Gasteiger partial charge is 0.467 e. The van der Waals surface area contributed by atoms with E-state index in [1.54, 1.807) is 19.3 Å². The van der Waals surface area contributed by atoms with Crippen LogP contribution in [0.2, 0.25) is 0 Å². The number of hydrogen-bond donors (Lipinski definition) is 1. The van der Waals surface area contributed by atoms with Gasteiger partial charge in [-0.2, -0.15) is 0 Å². The Hall–Kier alpha value is -1.29. The van der Waals surface area contributed by atoms with Crippen molar-refractivity contribution in [2.24, 2.45) is 5.92 Å². The molecule has 0 fully saturated rings. The van der Waals surface area contributed by atoms with Gasteiger partial charge in [0, 0.05) is 6.61 Å². The van der Waals surface area contributed by atoms with Gasteiger partial charge < -0.3 is 14.5 Å². The van der Waals surface area contributed by atoms with Gasteiger partial charge in [-0.15, -0.1) is 0 Å². The number of hydrogen-bond acceptors (Lipinski definition) is 3. The third-order valence-corrected chi connectivity index (χ3v) is 2.07. The Morgan fingerprint density at radius 3 is 2.81 bits per heavy atom. The van der Waals surface area contributed by atoms with E-state index < -0.39 is 6.10 Å². The van der Waals surface area contributed by atoms with Gasteiger partial charge in [-0.05, 0) is 25.0 Å².